The number of hydrogen-bond acceptors (Lipinski definition) is 3. The van der Waals surface area contributed by atoms with Gasteiger partial charge in [-0.15, -0.1) is 0 Å². The maximum atomic E-state index is 3.32. The molecule has 1 aliphatic heterocycles. The van der Waals surface area contributed by atoms with Gasteiger partial charge in [-0.1, -0.05) is 13.8 Å². The highest BCUT2D eigenvalue weighted by molar-refractivity contribution is 4.94. The lowest BCUT2D eigenvalue weighted by Crippen LogP contribution is -2.64. The Bertz CT molecular complexity index is 213. The van der Waals surface area contributed by atoms with Gasteiger partial charge in [-0.25, -0.2) is 0 Å². The Morgan fingerprint density at radius 2 is 2.00 bits per heavy atom. The first-order chi connectivity index (χ1) is 7.36. The van der Waals surface area contributed by atoms with Gasteiger partial charge in [0.1, 0.15) is 0 Å². The average molecular weight is 227 g/mol. The number of nitrogens with zero attached hydrogens (tertiary/aromatic N) is 2. The lowest BCUT2D eigenvalue weighted by Gasteiger charge is -2.50. The maximum absolute atomic E-state index is 3.32. The van der Waals surface area contributed by atoms with E-state index in [9.17, 15) is 0 Å². The molecule has 0 saturated carbocycles. The fourth-order valence-corrected chi connectivity index (χ4v) is 2.54. The second-order valence-corrected chi connectivity index (χ2v) is 6.23. The molecule has 0 bridgehead atoms. The smallest absolute Gasteiger partial charge is 0.0348 e. The van der Waals surface area contributed by atoms with Crippen LogP contribution >= 0.6 is 0 Å². The van der Waals surface area contributed by atoms with E-state index in [0.29, 0.717) is 11.6 Å². The van der Waals surface area contributed by atoms with Gasteiger partial charge in [-0.3, -0.25) is 9.80 Å². The highest BCUT2D eigenvalue weighted by Gasteiger charge is 2.36. The molecule has 1 fully saturated rings. The zero-order chi connectivity index (χ0) is 12.3. The monoisotopic (exact) mass is 227 g/mol. The molecule has 16 heavy (non-hydrogen) atoms. The Kier molecular flexibility index (Phi) is 4.77. The molecule has 1 heterocycles. The SMILES string of the molecule is CNCC1CN(C)C(C)(C)CN1CC(C)C. The summed E-state index contributed by atoms with van der Waals surface area (Å²) in [5.41, 5.74) is 0.305. The molecule has 1 atom stereocenters. The van der Waals surface area contributed by atoms with Gasteiger partial charge in [0, 0.05) is 37.8 Å². The van der Waals surface area contributed by atoms with Crippen LogP contribution in [0.4, 0.5) is 0 Å². The number of likely N-dealkylation sites (N-methyl/N-ethyl adjacent to an activating group) is 2. The van der Waals surface area contributed by atoms with Crippen LogP contribution in [0.15, 0.2) is 0 Å². The van der Waals surface area contributed by atoms with Crippen LogP contribution in [0.3, 0.4) is 0 Å². The van der Waals surface area contributed by atoms with Crippen molar-refractivity contribution >= 4 is 0 Å². The third-order valence-corrected chi connectivity index (χ3v) is 3.66. The Hall–Kier alpha value is -0.120. The van der Waals surface area contributed by atoms with E-state index in [4.69, 9.17) is 0 Å². The van der Waals surface area contributed by atoms with Crippen molar-refractivity contribution in [3.05, 3.63) is 0 Å². The summed E-state index contributed by atoms with van der Waals surface area (Å²) in [6.45, 7) is 13.9. The van der Waals surface area contributed by atoms with E-state index >= 15 is 0 Å². The molecule has 0 amide bonds. The van der Waals surface area contributed by atoms with Crippen LogP contribution in [0.5, 0.6) is 0 Å². The van der Waals surface area contributed by atoms with Gasteiger partial charge < -0.3 is 5.32 Å². The fourth-order valence-electron chi connectivity index (χ4n) is 2.54. The van der Waals surface area contributed by atoms with Crippen molar-refractivity contribution in [2.75, 3.05) is 40.3 Å². The summed E-state index contributed by atoms with van der Waals surface area (Å²) >= 11 is 0. The van der Waals surface area contributed by atoms with Gasteiger partial charge in [0.25, 0.3) is 0 Å². The summed E-state index contributed by atoms with van der Waals surface area (Å²) in [7, 11) is 4.29. The molecule has 3 nitrogen and oxygen atoms in total. The van der Waals surface area contributed by atoms with Crippen LogP contribution in [-0.4, -0.2) is 61.7 Å². The Balaban J connectivity index is 2.67. The van der Waals surface area contributed by atoms with E-state index in [1.165, 1.54) is 19.6 Å². The third kappa shape index (κ3) is 3.44. The van der Waals surface area contributed by atoms with Crippen molar-refractivity contribution in [3.63, 3.8) is 0 Å². The number of nitrogens with one attached hydrogen (secondary N) is 1. The van der Waals surface area contributed by atoms with Crippen LogP contribution in [0.25, 0.3) is 0 Å². The van der Waals surface area contributed by atoms with Gasteiger partial charge in [0.15, 0.2) is 0 Å². The summed E-state index contributed by atoms with van der Waals surface area (Å²) < 4.78 is 0. The molecule has 0 aromatic heterocycles. The summed E-state index contributed by atoms with van der Waals surface area (Å²) in [5, 5.41) is 3.32. The van der Waals surface area contributed by atoms with Gasteiger partial charge >= 0.3 is 0 Å². The number of hydrogen-bond donors (Lipinski definition) is 1. The molecule has 3 heteroatoms. The second kappa shape index (κ2) is 5.48. The Labute approximate surface area is 101 Å². The predicted octanol–water partition coefficient (Wildman–Crippen LogP) is 1.26. The maximum Gasteiger partial charge on any atom is 0.0348 e. The molecule has 1 rings (SSSR count). The summed E-state index contributed by atoms with van der Waals surface area (Å²) in [4.78, 5) is 5.15. The molecule has 0 aromatic rings. The Morgan fingerprint density at radius 3 is 2.50 bits per heavy atom. The largest absolute Gasteiger partial charge is 0.318 e. The molecule has 1 aliphatic rings. The minimum atomic E-state index is 0.305. The zero-order valence-electron chi connectivity index (χ0n) is 11.9. The lowest BCUT2D eigenvalue weighted by molar-refractivity contribution is -0.00566. The molecule has 96 valence electrons. The van der Waals surface area contributed by atoms with Crippen molar-refractivity contribution < 1.29 is 0 Å². The van der Waals surface area contributed by atoms with E-state index in [2.05, 4.69) is 49.9 Å². The molecular weight excluding hydrogens is 198 g/mol. The van der Waals surface area contributed by atoms with Crippen LogP contribution in [0.1, 0.15) is 27.7 Å². The minimum Gasteiger partial charge on any atom is -0.318 e. The Morgan fingerprint density at radius 1 is 1.38 bits per heavy atom. The molecule has 1 N–H and O–H groups in total. The quantitative estimate of drug-likeness (QED) is 0.780. The topological polar surface area (TPSA) is 18.5 Å². The summed E-state index contributed by atoms with van der Waals surface area (Å²) in [6, 6.07) is 0.658. The third-order valence-electron chi connectivity index (χ3n) is 3.66. The molecule has 1 unspecified atom stereocenters. The molecule has 0 radical (unpaired) electrons. The van der Waals surface area contributed by atoms with E-state index in [-0.39, 0.29) is 0 Å². The van der Waals surface area contributed by atoms with Gasteiger partial charge in [0.05, 0.1) is 0 Å². The molecule has 0 aromatic carbocycles. The molecule has 1 saturated heterocycles. The van der Waals surface area contributed by atoms with Crippen LogP contribution in [0, 0.1) is 5.92 Å². The number of piperazine rings is 1. The highest BCUT2D eigenvalue weighted by atomic mass is 15.3. The van der Waals surface area contributed by atoms with E-state index in [1.54, 1.807) is 0 Å². The van der Waals surface area contributed by atoms with Crippen LogP contribution in [-0.2, 0) is 0 Å². The standard InChI is InChI=1S/C13H29N3/c1-11(2)8-16-10-13(3,4)15(6)9-12(16)7-14-5/h11-12,14H,7-10H2,1-6H3. The summed E-state index contributed by atoms with van der Waals surface area (Å²) in [6.07, 6.45) is 0. The minimum absolute atomic E-state index is 0.305. The zero-order valence-corrected chi connectivity index (χ0v) is 11.9. The van der Waals surface area contributed by atoms with Gasteiger partial charge in [-0.2, -0.15) is 0 Å². The first-order valence-corrected chi connectivity index (χ1v) is 6.46. The molecule has 0 aliphatic carbocycles. The van der Waals surface area contributed by atoms with Gasteiger partial charge in [-0.05, 0) is 33.9 Å². The first-order valence-electron chi connectivity index (χ1n) is 6.46. The summed E-state index contributed by atoms with van der Waals surface area (Å²) in [5.74, 6) is 0.749. The second-order valence-electron chi connectivity index (χ2n) is 6.23. The number of rotatable bonds is 4. The van der Waals surface area contributed by atoms with E-state index < -0.39 is 0 Å². The van der Waals surface area contributed by atoms with Crippen molar-refractivity contribution in [2.45, 2.75) is 39.3 Å². The predicted molar refractivity (Wildman–Crippen MR) is 70.8 cm³/mol. The van der Waals surface area contributed by atoms with Crippen molar-refractivity contribution in [1.82, 2.24) is 15.1 Å². The van der Waals surface area contributed by atoms with Crippen LogP contribution < -0.4 is 5.32 Å². The van der Waals surface area contributed by atoms with Crippen molar-refractivity contribution in [2.24, 2.45) is 5.92 Å². The van der Waals surface area contributed by atoms with E-state index in [0.717, 1.165) is 12.5 Å². The van der Waals surface area contributed by atoms with E-state index in [1.807, 2.05) is 7.05 Å². The van der Waals surface area contributed by atoms with Gasteiger partial charge in [0.2, 0.25) is 0 Å². The highest BCUT2D eigenvalue weighted by Crippen LogP contribution is 2.23. The lowest BCUT2D eigenvalue weighted by atomic mass is 9.95. The average Bonchev–Trinajstić information content (AvgIpc) is 2.12. The van der Waals surface area contributed by atoms with Crippen molar-refractivity contribution in [1.29, 1.82) is 0 Å². The van der Waals surface area contributed by atoms with Crippen molar-refractivity contribution in [3.8, 4) is 0 Å². The molecule has 0 spiro atoms. The molecular formula is C13H29N3. The normalized spacial score (nSPS) is 27.6. The first kappa shape index (κ1) is 13.9. The van der Waals surface area contributed by atoms with Crippen LogP contribution in [0.2, 0.25) is 0 Å². The fraction of sp³-hybridized carbons (Fsp3) is 1.00.